The number of amides is 6. The number of imide groups is 1. The number of hydrogen-bond donors (Lipinski definition) is 14. The molecular weight excluding hydrogens is 1320 g/mol. The van der Waals surface area contributed by atoms with Crippen LogP contribution >= 0.6 is 0 Å². The molecule has 2 aromatic rings. The first-order chi connectivity index (χ1) is 42.7. The molecule has 0 bridgehead atoms. The molecule has 2 fully saturated rings. The fraction of sp³-hybridized carbons (Fsp3) is 0.615. The highest BCUT2D eigenvalue weighted by atomic mass is 19.4. The largest absolute Gasteiger partial charge is 0.508 e. The predicted molar refractivity (Wildman–Crippen MR) is 268 cm³/mol. The van der Waals surface area contributed by atoms with E-state index in [1.54, 1.807) is 5.32 Å². The summed E-state index contributed by atoms with van der Waals surface area (Å²) in [6.45, 7) is -5.43. The van der Waals surface area contributed by atoms with Gasteiger partial charge in [0, 0.05) is 49.0 Å². The number of unbranched alkanes of at least 4 members (excludes halogenated alkanes) is 1. The average molecular weight is 1380 g/mol. The van der Waals surface area contributed by atoms with Gasteiger partial charge in [-0.25, -0.2) is 0 Å². The highest BCUT2D eigenvalue weighted by molar-refractivity contribution is 6.28. The summed E-state index contributed by atoms with van der Waals surface area (Å²) in [6.07, 6.45) is -35.7. The molecule has 522 valence electrons. The lowest BCUT2D eigenvalue weighted by Gasteiger charge is -2.42. The summed E-state index contributed by atoms with van der Waals surface area (Å²) in [5.41, 5.74) is -0.540. The Bertz CT molecular complexity index is 3080. The molecule has 1 aliphatic carbocycles. The van der Waals surface area contributed by atoms with Crippen LogP contribution < -0.4 is 26.6 Å². The van der Waals surface area contributed by atoms with Gasteiger partial charge < -0.3 is 76.7 Å². The number of hydrogen-bond acceptors (Lipinski definition) is 19. The minimum Gasteiger partial charge on any atom is -0.508 e. The minimum atomic E-state index is -8.94. The number of aliphatic hydroxyl groups excluding tert-OH is 8. The van der Waals surface area contributed by atoms with Crippen molar-refractivity contribution in [3.63, 3.8) is 0 Å². The molecule has 41 heteroatoms. The number of piperidine rings is 1. The first-order valence-electron chi connectivity index (χ1n) is 27.0. The van der Waals surface area contributed by atoms with Crippen molar-refractivity contribution in [3.05, 3.63) is 64.7 Å². The Morgan fingerprint density at radius 2 is 1.19 bits per heavy atom. The monoisotopic (exact) mass is 1380 g/mol. The Kier molecular flexibility index (Phi) is 23.9. The number of phenolic OH excluding ortho intramolecular Hbond substituents is 1. The molecule has 5 rings (SSSR count). The van der Waals surface area contributed by atoms with E-state index < -0.39 is 232 Å². The number of phenols is 1. The van der Waals surface area contributed by atoms with Gasteiger partial charge in [0.25, 0.3) is 11.8 Å². The van der Waals surface area contributed by atoms with Crippen molar-refractivity contribution < 1.29 is 168 Å². The van der Waals surface area contributed by atoms with E-state index in [1.165, 1.54) is 29.6 Å². The van der Waals surface area contributed by atoms with Crippen LogP contribution in [0.15, 0.2) is 42.5 Å². The fourth-order valence-corrected chi connectivity index (χ4v) is 9.60. The molecule has 2 aliphatic heterocycles. The summed E-state index contributed by atoms with van der Waals surface area (Å²) in [7, 11) is 0. The van der Waals surface area contributed by atoms with Crippen LogP contribution in [-0.4, -0.2) is 234 Å². The lowest BCUT2D eigenvalue weighted by Crippen LogP contribution is -2.74. The van der Waals surface area contributed by atoms with Crippen LogP contribution in [-0.2, 0) is 39.9 Å². The number of fused-ring (bicyclic) bond motifs is 1. The molecular formula is C52H56F17N5O19. The minimum absolute atomic E-state index is 0.154. The van der Waals surface area contributed by atoms with E-state index in [-0.39, 0.29) is 40.8 Å². The first-order valence-corrected chi connectivity index (χ1v) is 27.0. The molecule has 2 saturated heterocycles. The number of halogens is 17. The number of ketones is 2. The summed E-state index contributed by atoms with van der Waals surface area (Å²) >= 11 is 0. The van der Waals surface area contributed by atoms with Gasteiger partial charge in [-0.3, -0.25) is 43.7 Å². The van der Waals surface area contributed by atoms with Crippen molar-refractivity contribution in [2.75, 3.05) is 26.3 Å². The SMILES string of the molecule is O=C1CCC(C2C(=O)c3ccc(C(=O)NC(Cc4ccc(O)cc4)C(=O)NCCCCC(NC(=O)C(O)[C@@H](O)[C@@H](O[C@@H]4OC(CO)[C@H](O)[C@H](O)C4O)C(O)CO)C(=O)NCCC(F)(F)C(F)(F)C(F)(F)C(F)(F)C(F)(F)C(F)(F)C(F)(F)C(F)(F)F)cc3C2=O)C(=O)N1. The number of alkyl halides is 17. The second-order valence-electron chi connectivity index (χ2n) is 21.4. The number of carbonyl (C=O) groups is 8. The quantitative estimate of drug-likeness (QED) is 0.0217. The zero-order chi connectivity index (χ0) is 70.7. The van der Waals surface area contributed by atoms with E-state index >= 15 is 0 Å². The summed E-state index contributed by atoms with van der Waals surface area (Å²) in [6, 6.07) is 4.05. The Labute approximate surface area is 509 Å². The van der Waals surface area contributed by atoms with Crippen LogP contribution in [0.4, 0.5) is 74.6 Å². The summed E-state index contributed by atoms with van der Waals surface area (Å²) in [4.78, 5) is 105. The van der Waals surface area contributed by atoms with Crippen LogP contribution in [0.3, 0.4) is 0 Å². The molecule has 0 radical (unpaired) electrons. The van der Waals surface area contributed by atoms with E-state index in [0.717, 1.165) is 18.2 Å². The summed E-state index contributed by atoms with van der Waals surface area (Å²) in [5, 5.41) is 101. The zero-order valence-electron chi connectivity index (χ0n) is 46.9. The highest BCUT2D eigenvalue weighted by Gasteiger charge is 2.95. The second-order valence-corrected chi connectivity index (χ2v) is 21.4. The molecule has 14 N–H and O–H groups in total. The number of Topliss-reactive ketones (excluding diaryl/α,β-unsaturated/α-hetero) is 2. The van der Waals surface area contributed by atoms with Gasteiger partial charge in [0.1, 0.15) is 60.6 Å². The van der Waals surface area contributed by atoms with Gasteiger partial charge in [-0.15, -0.1) is 0 Å². The van der Waals surface area contributed by atoms with Gasteiger partial charge in [0.15, 0.2) is 24.0 Å². The van der Waals surface area contributed by atoms with Gasteiger partial charge >= 0.3 is 47.6 Å². The van der Waals surface area contributed by atoms with Crippen molar-refractivity contribution in [2.45, 2.75) is 160 Å². The third-order valence-electron chi connectivity index (χ3n) is 15.1. The lowest BCUT2D eigenvalue weighted by molar-refractivity contribution is -0.461. The number of ether oxygens (including phenoxy) is 2. The Morgan fingerprint density at radius 3 is 1.75 bits per heavy atom. The maximum Gasteiger partial charge on any atom is 0.460 e. The van der Waals surface area contributed by atoms with E-state index in [0.29, 0.717) is 0 Å². The lowest BCUT2D eigenvalue weighted by atomic mass is 9.82. The van der Waals surface area contributed by atoms with Crippen LogP contribution in [0.1, 0.15) is 75.2 Å². The Balaban J connectivity index is 1.35. The van der Waals surface area contributed by atoms with Crippen LogP contribution in [0, 0.1) is 11.8 Å². The summed E-state index contributed by atoms with van der Waals surface area (Å²) < 4.78 is 247. The molecule has 6 amide bonds. The van der Waals surface area contributed by atoms with Crippen molar-refractivity contribution in [2.24, 2.45) is 11.8 Å². The molecule has 93 heavy (non-hydrogen) atoms. The standard InChI is InChI=1S/C52H56F17N5O19/c53-45(54,46(55,56)47(57,58)48(59,60)49(61,62)50(63,64)51(65,66)52(67,68)69)12-14-71-41(89)25(72-43(91)36(85)35(84)38(27(78)17-75)93-44-37(86)34(83)33(82)28(18-76)92-44)3-1-2-13-70-42(90)26(15-19-4-7-21(77)8-5-19)73-39(87)20-6-9-22-24(16-20)32(81)30(31(22)80)23-10-11-29(79)74-40(23)88/h4-9,16,23,25-28,30,33-38,44,75-78,82-86H,1-3,10-15,17-18H2,(H,70,90)(H,71,89)(H,72,91)(H,73,87)(H,74,79,88)/t23?,25?,26?,27?,28?,30?,33-,34-,35+,36?,37?,38-,44-/m0/s1. The summed E-state index contributed by atoms with van der Waals surface area (Å²) in [5.74, 6) is -71.3. The number of aliphatic hydroxyl groups is 8. The van der Waals surface area contributed by atoms with Gasteiger partial charge in [-0.2, -0.15) is 74.6 Å². The fourth-order valence-electron chi connectivity index (χ4n) is 9.60. The van der Waals surface area contributed by atoms with Crippen molar-refractivity contribution in [3.8, 4) is 5.75 Å². The molecule has 0 spiro atoms. The molecule has 0 aromatic heterocycles. The molecule has 13 atom stereocenters. The number of aromatic hydroxyl groups is 1. The second kappa shape index (κ2) is 28.9. The van der Waals surface area contributed by atoms with Crippen LogP contribution in [0.5, 0.6) is 5.75 Å². The van der Waals surface area contributed by atoms with Crippen molar-refractivity contribution >= 4 is 47.0 Å². The van der Waals surface area contributed by atoms with Gasteiger partial charge in [-0.05, 0) is 61.6 Å². The van der Waals surface area contributed by atoms with Crippen molar-refractivity contribution in [1.82, 2.24) is 26.6 Å². The number of carbonyl (C=O) groups excluding carboxylic acids is 8. The molecule has 0 saturated carbocycles. The van der Waals surface area contributed by atoms with Crippen LogP contribution in [0.25, 0.3) is 0 Å². The maximum absolute atomic E-state index is 14.9. The predicted octanol–water partition coefficient (Wildman–Crippen LogP) is 0.328. The zero-order valence-corrected chi connectivity index (χ0v) is 46.9. The molecule has 24 nitrogen and oxygen atoms in total. The Hall–Kier alpha value is -6.99. The third-order valence-corrected chi connectivity index (χ3v) is 15.1. The molecule has 3 aliphatic rings. The molecule has 8 unspecified atom stereocenters. The molecule has 2 heterocycles. The van der Waals surface area contributed by atoms with E-state index in [2.05, 4.69) is 10.6 Å². The maximum atomic E-state index is 14.9. The highest BCUT2D eigenvalue weighted by Crippen LogP contribution is 2.64. The average Bonchev–Trinajstić information content (AvgIpc) is 1.26. The van der Waals surface area contributed by atoms with Gasteiger partial charge in [-0.1, -0.05) is 12.1 Å². The number of rotatable bonds is 30. The smallest absolute Gasteiger partial charge is 0.460 e. The number of benzene rings is 2. The number of nitrogens with one attached hydrogen (secondary N) is 5. The Morgan fingerprint density at radius 1 is 0.645 bits per heavy atom. The van der Waals surface area contributed by atoms with Gasteiger partial charge in [0.05, 0.1) is 25.0 Å². The van der Waals surface area contributed by atoms with Gasteiger partial charge in [0.2, 0.25) is 23.6 Å². The first kappa shape index (κ1) is 76.7. The normalized spacial score (nSPS) is 23.2. The van der Waals surface area contributed by atoms with E-state index in [4.69, 9.17) is 9.47 Å². The third kappa shape index (κ3) is 15.4. The van der Waals surface area contributed by atoms with Crippen LogP contribution in [0.2, 0.25) is 0 Å². The van der Waals surface area contributed by atoms with E-state index in [1.807, 2.05) is 5.32 Å². The van der Waals surface area contributed by atoms with E-state index in [9.17, 15) is 159 Å². The van der Waals surface area contributed by atoms with Crippen molar-refractivity contribution in [1.29, 1.82) is 0 Å². The topological polar surface area (TPSA) is 397 Å². The molecule has 2 aromatic carbocycles.